The Morgan fingerprint density at radius 3 is 2.84 bits per heavy atom. The topological polar surface area (TPSA) is 52.6 Å². The minimum Gasteiger partial charge on any atom is -0.481 e. The molecule has 102 valence electrons. The van der Waals surface area contributed by atoms with Crippen molar-refractivity contribution in [1.82, 2.24) is 10.2 Å². The van der Waals surface area contributed by atoms with E-state index >= 15 is 0 Å². The fourth-order valence-corrected chi connectivity index (χ4v) is 3.45. The summed E-state index contributed by atoms with van der Waals surface area (Å²) in [7, 11) is 0. The number of hydrogen-bond donors (Lipinski definition) is 2. The van der Waals surface area contributed by atoms with Gasteiger partial charge in [0.25, 0.3) is 0 Å². The van der Waals surface area contributed by atoms with E-state index in [1.807, 2.05) is 6.07 Å². The second kappa shape index (κ2) is 5.31. The number of nitrogens with one attached hydrogen (secondary N) is 1. The number of benzene rings is 1. The maximum atomic E-state index is 11.3. The smallest absolute Gasteiger partial charge is 0.306 e. The number of aliphatic carboxylic acids is 1. The van der Waals surface area contributed by atoms with Gasteiger partial charge in [-0.05, 0) is 18.5 Å². The van der Waals surface area contributed by atoms with E-state index in [0.717, 1.165) is 32.6 Å². The number of nitrogens with zero attached hydrogens (tertiary/aromatic N) is 1. The third-order valence-corrected chi connectivity index (χ3v) is 4.39. The second-order valence-electron chi connectivity index (χ2n) is 5.64. The molecule has 1 aromatic rings. The Morgan fingerprint density at radius 2 is 2.11 bits per heavy atom. The number of rotatable bonds is 3. The van der Waals surface area contributed by atoms with Gasteiger partial charge in [-0.2, -0.15) is 0 Å². The van der Waals surface area contributed by atoms with E-state index in [9.17, 15) is 9.90 Å². The summed E-state index contributed by atoms with van der Waals surface area (Å²) < 4.78 is 0. The fraction of sp³-hybridized carbons (Fsp3) is 0.533. The molecule has 2 fully saturated rings. The summed E-state index contributed by atoms with van der Waals surface area (Å²) in [5.74, 6) is -0.542. The molecule has 0 aliphatic carbocycles. The maximum absolute atomic E-state index is 11.3. The van der Waals surface area contributed by atoms with Crippen molar-refractivity contribution in [1.29, 1.82) is 0 Å². The van der Waals surface area contributed by atoms with Gasteiger partial charge in [0.2, 0.25) is 0 Å². The van der Waals surface area contributed by atoms with E-state index in [0.29, 0.717) is 6.04 Å². The highest BCUT2D eigenvalue weighted by atomic mass is 16.4. The van der Waals surface area contributed by atoms with Crippen molar-refractivity contribution in [2.75, 3.05) is 19.6 Å². The normalized spacial score (nSPS) is 31.1. The predicted molar refractivity (Wildman–Crippen MR) is 72.7 cm³/mol. The Morgan fingerprint density at radius 1 is 1.32 bits per heavy atom. The summed E-state index contributed by atoms with van der Waals surface area (Å²) in [4.78, 5) is 13.7. The van der Waals surface area contributed by atoms with Gasteiger partial charge in [0.15, 0.2) is 0 Å². The summed E-state index contributed by atoms with van der Waals surface area (Å²) >= 11 is 0. The Balaban J connectivity index is 1.67. The van der Waals surface area contributed by atoms with Gasteiger partial charge in [0, 0.05) is 31.6 Å². The minimum absolute atomic E-state index is 0.174. The molecule has 0 saturated carbocycles. The first kappa shape index (κ1) is 12.6. The van der Waals surface area contributed by atoms with Gasteiger partial charge >= 0.3 is 5.97 Å². The Hall–Kier alpha value is -1.39. The Labute approximate surface area is 113 Å². The molecule has 0 bridgehead atoms. The van der Waals surface area contributed by atoms with Gasteiger partial charge < -0.3 is 10.4 Å². The largest absolute Gasteiger partial charge is 0.481 e. The summed E-state index contributed by atoms with van der Waals surface area (Å²) in [6.45, 7) is 3.60. The van der Waals surface area contributed by atoms with E-state index in [2.05, 4.69) is 34.5 Å². The average molecular weight is 260 g/mol. The lowest BCUT2D eigenvalue weighted by atomic mass is 9.83. The van der Waals surface area contributed by atoms with Crippen molar-refractivity contribution in [3.8, 4) is 0 Å². The van der Waals surface area contributed by atoms with E-state index in [4.69, 9.17) is 0 Å². The van der Waals surface area contributed by atoms with Crippen molar-refractivity contribution < 1.29 is 9.90 Å². The molecule has 19 heavy (non-hydrogen) atoms. The van der Waals surface area contributed by atoms with Crippen LogP contribution in [-0.2, 0) is 11.3 Å². The first-order valence-electron chi connectivity index (χ1n) is 6.96. The molecule has 0 amide bonds. The fourth-order valence-electron chi connectivity index (χ4n) is 3.45. The molecule has 4 heteroatoms. The molecule has 0 radical (unpaired) electrons. The lowest BCUT2D eigenvalue weighted by molar-refractivity contribution is -0.144. The molecule has 2 aliphatic rings. The first-order valence-corrected chi connectivity index (χ1v) is 6.96. The van der Waals surface area contributed by atoms with Crippen LogP contribution in [0.5, 0.6) is 0 Å². The molecule has 0 spiro atoms. The van der Waals surface area contributed by atoms with E-state index < -0.39 is 5.97 Å². The van der Waals surface area contributed by atoms with Crippen LogP contribution in [0.2, 0.25) is 0 Å². The molecular weight excluding hydrogens is 240 g/mol. The third-order valence-electron chi connectivity index (χ3n) is 4.39. The van der Waals surface area contributed by atoms with Gasteiger partial charge in [0.1, 0.15) is 0 Å². The number of carboxylic acids is 1. The zero-order chi connectivity index (χ0) is 13.2. The molecule has 2 heterocycles. The predicted octanol–water partition coefficient (Wildman–Crippen LogP) is 1.18. The van der Waals surface area contributed by atoms with Crippen molar-refractivity contribution in [2.24, 2.45) is 11.8 Å². The highest BCUT2D eigenvalue weighted by Gasteiger charge is 2.42. The van der Waals surface area contributed by atoms with Crippen LogP contribution in [0.15, 0.2) is 30.3 Å². The highest BCUT2D eigenvalue weighted by molar-refractivity contribution is 5.70. The van der Waals surface area contributed by atoms with E-state index in [1.165, 1.54) is 5.56 Å². The number of carbonyl (C=O) groups is 1. The van der Waals surface area contributed by atoms with Gasteiger partial charge in [0.05, 0.1) is 5.92 Å². The SMILES string of the molecule is O=C(O)C1CCNC2CN(Cc3ccccc3)CC21. The molecule has 0 aromatic heterocycles. The van der Waals surface area contributed by atoms with Crippen molar-refractivity contribution >= 4 is 5.97 Å². The molecule has 2 N–H and O–H groups in total. The van der Waals surface area contributed by atoms with Crippen LogP contribution in [-0.4, -0.2) is 41.7 Å². The van der Waals surface area contributed by atoms with Crippen molar-refractivity contribution in [3.63, 3.8) is 0 Å². The molecule has 2 saturated heterocycles. The standard InChI is InChI=1S/C15H20N2O2/c18-15(19)12-6-7-16-14-10-17(9-13(12)14)8-11-4-2-1-3-5-11/h1-5,12-14,16H,6-10H2,(H,18,19). The van der Waals surface area contributed by atoms with Crippen molar-refractivity contribution in [2.45, 2.75) is 19.0 Å². The Kier molecular flexibility index (Phi) is 3.53. The number of fused-ring (bicyclic) bond motifs is 1. The van der Waals surface area contributed by atoms with Crippen LogP contribution >= 0.6 is 0 Å². The molecule has 1 aromatic carbocycles. The molecule has 2 aliphatic heterocycles. The third kappa shape index (κ3) is 2.65. The molecule has 3 atom stereocenters. The number of likely N-dealkylation sites (tertiary alicyclic amines) is 1. The first-order chi connectivity index (χ1) is 9.24. The minimum atomic E-state index is -0.627. The van der Waals surface area contributed by atoms with Crippen LogP contribution < -0.4 is 5.32 Å². The Bertz CT molecular complexity index is 449. The summed E-state index contributed by atoms with van der Waals surface area (Å²) in [6, 6.07) is 10.7. The van der Waals surface area contributed by atoms with E-state index in [-0.39, 0.29) is 11.8 Å². The molecule has 4 nitrogen and oxygen atoms in total. The monoisotopic (exact) mass is 260 g/mol. The number of hydrogen-bond acceptors (Lipinski definition) is 3. The average Bonchev–Trinajstić information content (AvgIpc) is 2.81. The number of piperidine rings is 1. The summed E-state index contributed by atoms with van der Waals surface area (Å²) in [5, 5.41) is 12.8. The zero-order valence-corrected chi connectivity index (χ0v) is 11.0. The van der Waals surface area contributed by atoms with Gasteiger partial charge in [-0.15, -0.1) is 0 Å². The van der Waals surface area contributed by atoms with Gasteiger partial charge in [-0.3, -0.25) is 9.69 Å². The molecule has 3 rings (SSSR count). The number of carboxylic acid groups (broad SMARTS) is 1. The van der Waals surface area contributed by atoms with E-state index in [1.54, 1.807) is 0 Å². The van der Waals surface area contributed by atoms with Crippen LogP contribution in [0.25, 0.3) is 0 Å². The maximum Gasteiger partial charge on any atom is 0.306 e. The zero-order valence-electron chi connectivity index (χ0n) is 11.0. The summed E-state index contributed by atoms with van der Waals surface area (Å²) in [6.07, 6.45) is 0.760. The second-order valence-corrected chi connectivity index (χ2v) is 5.64. The molecule has 3 unspecified atom stereocenters. The summed E-state index contributed by atoms with van der Waals surface area (Å²) in [5.41, 5.74) is 1.30. The van der Waals surface area contributed by atoms with Gasteiger partial charge in [-0.25, -0.2) is 0 Å². The lowest BCUT2D eigenvalue weighted by Gasteiger charge is -2.31. The highest BCUT2D eigenvalue weighted by Crippen LogP contribution is 2.31. The lowest BCUT2D eigenvalue weighted by Crippen LogP contribution is -2.47. The van der Waals surface area contributed by atoms with Crippen LogP contribution in [0, 0.1) is 11.8 Å². The van der Waals surface area contributed by atoms with Crippen LogP contribution in [0.4, 0.5) is 0 Å². The quantitative estimate of drug-likeness (QED) is 0.857. The van der Waals surface area contributed by atoms with Gasteiger partial charge in [-0.1, -0.05) is 30.3 Å². The molecular formula is C15H20N2O2. The van der Waals surface area contributed by atoms with Crippen LogP contribution in [0.3, 0.4) is 0 Å². The van der Waals surface area contributed by atoms with Crippen LogP contribution in [0.1, 0.15) is 12.0 Å². The van der Waals surface area contributed by atoms with Crippen molar-refractivity contribution in [3.05, 3.63) is 35.9 Å².